The minimum Gasteiger partial charge on any atom is -0.348 e. The molecule has 1 heterocycles. The zero-order valence-electron chi connectivity index (χ0n) is 17.7. The van der Waals surface area contributed by atoms with Gasteiger partial charge in [0.15, 0.2) is 0 Å². The second-order valence-corrected chi connectivity index (χ2v) is 8.50. The maximum atomic E-state index is 13.1. The van der Waals surface area contributed by atoms with Crippen LogP contribution in [0, 0.1) is 0 Å². The van der Waals surface area contributed by atoms with E-state index in [1.807, 2.05) is 47.4 Å². The lowest BCUT2D eigenvalue weighted by Gasteiger charge is -2.34. The highest BCUT2D eigenvalue weighted by Gasteiger charge is 2.23. The Kier molecular flexibility index (Phi) is 8.11. The molecule has 0 unspecified atom stereocenters. The number of hydrogen-bond donors (Lipinski definition) is 0. The smallest absolute Gasteiger partial charge is 0.255 e. The Morgan fingerprint density at radius 3 is 2.33 bits per heavy atom. The summed E-state index contributed by atoms with van der Waals surface area (Å²) in [4.78, 5) is 31.7. The molecule has 0 N–H and O–H groups in total. The van der Waals surface area contributed by atoms with Gasteiger partial charge in [-0.25, -0.2) is 0 Å². The molecule has 0 aromatic heterocycles. The maximum absolute atomic E-state index is 13.1. The van der Waals surface area contributed by atoms with Crippen molar-refractivity contribution in [3.63, 3.8) is 0 Å². The Hall–Kier alpha value is -2.57. The van der Waals surface area contributed by atoms with Crippen molar-refractivity contribution in [2.45, 2.75) is 4.90 Å². The van der Waals surface area contributed by atoms with Crippen LogP contribution < -0.4 is 0 Å². The van der Waals surface area contributed by atoms with E-state index in [-0.39, 0.29) is 11.8 Å². The topological polar surface area (TPSA) is 43.9 Å². The molecule has 6 heteroatoms. The number of benzene rings is 2. The summed E-state index contributed by atoms with van der Waals surface area (Å²) >= 11 is 1.43. The fraction of sp³-hybridized carbons (Fsp3) is 0.333. The molecule has 30 heavy (non-hydrogen) atoms. The molecule has 0 atom stereocenters. The van der Waals surface area contributed by atoms with E-state index in [1.54, 1.807) is 19.0 Å². The van der Waals surface area contributed by atoms with Gasteiger partial charge in [-0.3, -0.25) is 14.5 Å². The number of rotatable bonds is 7. The normalized spacial score (nSPS) is 14.8. The minimum absolute atomic E-state index is 0.0411. The van der Waals surface area contributed by atoms with Gasteiger partial charge in [-0.15, -0.1) is 11.8 Å². The standard InChI is InChI=1S/C24H29N3O2S/c1-25(2)23(28)19-30-22-13-7-6-12-21(22)24(29)27-17-15-26(16-18-27)14-8-11-20-9-4-3-5-10-20/h3-13H,14-19H2,1-2H3/b11-8+. The lowest BCUT2D eigenvalue weighted by atomic mass is 10.1. The van der Waals surface area contributed by atoms with Gasteiger partial charge in [0, 0.05) is 51.7 Å². The Morgan fingerprint density at radius 2 is 1.63 bits per heavy atom. The van der Waals surface area contributed by atoms with E-state index in [0.29, 0.717) is 24.4 Å². The Balaban J connectivity index is 1.53. The first-order chi connectivity index (χ1) is 14.5. The molecule has 1 saturated heterocycles. The number of piperazine rings is 1. The van der Waals surface area contributed by atoms with Crippen LogP contribution in [-0.4, -0.2) is 79.1 Å². The van der Waals surface area contributed by atoms with E-state index >= 15 is 0 Å². The van der Waals surface area contributed by atoms with Gasteiger partial charge in [-0.1, -0.05) is 54.6 Å². The molecule has 0 saturated carbocycles. The van der Waals surface area contributed by atoms with Gasteiger partial charge in [0.05, 0.1) is 11.3 Å². The van der Waals surface area contributed by atoms with Crippen LogP contribution in [0.25, 0.3) is 6.08 Å². The molecule has 1 aliphatic heterocycles. The molecule has 158 valence electrons. The zero-order chi connectivity index (χ0) is 21.3. The van der Waals surface area contributed by atoms with Gasteiger partial charge in [0.25, 0.3) is 5.91 Å². The number of hydrogen-bond acceptors (Lipinski definition) is 4. The first-order valence-corrected chi connectivity index (χ1v) is 11.2. The second kappa shape index (κ2) is 11.0. The van der Waals surface area contributed by atoms with Gasteiger partial charge in [0.2, 0.25) is 5.91 Å². The third-order valence-corrected chi connectivity index (χ3v) is 6.16. The predicted molar refractivity (Wildman–Crippen MR) is 124 cm³/mol. The van der Waals surface area contributed by atoms with Crippen molar-refractivity contribution in [1.29, 1.82) is 0 Å². The van der Waals surface area contributed by atoms with E-state index in [0.717, 1.165) is 24.5 Å². The molecule has 2 amide bonds. The van der Waals surface area contributed by atoms with Crippen LogP contribution in [0.1, 0.15) is 15.9 Å². The fourth-order valence-electron chi connectivity index (χ4n) is 3.24. The van der Waals surface area contributed by atoms with E-state index < -0.39 is 0 Å². The van der Waals surface area contributed by atoms with Crippen LogP contribution in [0.4, 0.5) is 0 Å². The van der Waals surface area contributed by atoms with Crippen LogP contribution in [-0.2, 0) is 4.79 Å². The highest BCUT2D eigenvalue weighted by molar-refractivity contribution is 8.00. The molecular weight excluding hydrogens is 394 g/mol. The predicted octanol–water partition coefficient (Wildman–Crippen LogP) is 3.34. The molecule has 1 aliphatic rings. The summed E-state index contributed by atoms with van der Waals surface area (Å²) < 4.78 is 0. The van der Waals surface area contributed by atoms with Crippen molar-refractivity contribution < 1.29 is 9.59 Å². The minimum atomic E-state index is 0.0411. The average Bonchev–Trinajstić information content (AvgIpc) is 2.78. The van der Waals surface area contributed by atoms with Gasteiger partial charge >= 0.3 is 0 Å². The average molecular weight is 424 g/mol. The molecule has 3 rings (SSSR count). The monoisotopic (exact) mass is 423 g/mol. The first kappa shape index (κ1) is 22.1. The fourth-order valence-corrected chi connectivity index (χ4v) is 4.27. The number of carbonyl (C=O) groups is 2. The van der Waals surface area contributed by atoms with E-state index in [9.17, 15) is 9.59 Å². The second-order valence-electron chi connectivity index (χ2n) is 7.48. The quantitative estimate of drug-likeness (QED) is 0.641. The molecule has 5 nitrogen and oxygen atoms in total. The number of nitrogens with zero attached hydrogens (tertiary/aromatic N) is 3. The molecule has 2 aromatic rings. The summed E-state index contributed by atoms with van der Waals surface area (Å²) in [7, 11) is 3.49. The molecule has 1 fully saturated rings. The van der Waals surface area contributed by atoms with Crippen molar-refractivity contribution in [3.8, 4) is 0 Å². The zero-order valence-corrected chi connectivity index (χ0v) is 18.5. The number of amides is 2. The molecule has 0 bridgehead atoms. The van der Waals surface area contributed by atoms with Crippen LogP contribution in [0.15, 0.2) is 65.6 Å². The number of carbonyl (C=O) groups excluding carboxylic acids is 2. The van der Waals surface area contributed by atoms with Crippen molar-refractivity contribution in [3.05, 3.63) is 71.8 Å². The van der Waals surface area contributed by atoms with Crippen molar-refractivity contribution >= 4 is 29.7 Å². The summed E-state index contributed by atoms with van der Waals surface area (Å²) in [5.74, 6) is 0.424. The van der Waals surface area contributed by atoms with Gasteiger partial charge in [-0.2, -0.15) is 0 Å². The Labute approximate surface area is 183 Å². The van der Waals surface area contributed by atoms with Crippen molar-refractivity contribution in [1.82, 2.24) is 14.7 Å². The summed E-state index contributed by atoms with van der Waals surface area (Å²) in [6.45, 7) is 4.04. The van der Waals surface area contributed by atoms with E-state index in [1.165, 1.54) is 17.3 Å². The highest BCUT2D eigenvalue weighted by atomic mass is 32.2. The molecular formula is C24H29N3O2S. The number of thioether (sulfide) groups is 1. The third kappa shape index (κ3) is 6.21. The van der Waals surface area contributed by atoms with Crippen molar-refractivity contribution in [2.24, 2.45) is 0 Å². The molecule has 0 spiro atoms. The van der Waals surface area contributed by atoms with Crippen LogP contribution in [0.3, 0.4) is 0 Å². The summed E-state index contributed by atoms with van der Waals surface area (Å²) in [6, 6.07) is 17.9. The van der Waals surface area contributed by atoms with Crippen LogP contribution in [0.5, 0.6) is 0 Å². The molecule has 0 radical (unpaired) electrons. The first-order valence-electron chi connectivity index (χ1n) is 10.2. The lowest BCUT2D eigenvalue weighted by molar-refractivity contribution is -0.125. The Bertz CT molecular complexity index is 875. The van der Waals surface area contributed by atoms with E-state index in [4.69, 9.17) is 0 Å². The molecule has 0 aliphatic carbocycles. The van der Waals surface area contributed by atoms with Gasteiger partial charge in [0.1, 0.15) is 0 Å². The Morgan fingerprint density at radius 1 is 0.967 bits per heavy atom. The van der Waals surface area contributed by atoms with Gasteiger partial charge in [-0.05, 0) is 17.7 Å². The van der Waals surface area contributed by atoms with Crippen LogP contribution >= 0.6 is 11.8 Å². The largest absolute Gasteiger partial charge is 0.348 e. The molecule has 2 aromatic carbocycles. The SMILES string of the molecule is CN(C)C(=O)CSc1ccccc1C(=O)N1CCN(C/C=C/c2ccccc2)CC1. The summed E-state index contributed by atoms with van der Waals surface area (Å²) in [6.07, 6.45) is 4.32. The van der Waals surface area contributed by atoms with Crippen LogP contribution in [0.2, 0.25) is 0 Å². The van der Waals surface area contributed by atoms with Gasteiger partial charge < -0.3 is 9.80 Å². The van der Waals surface area contributed by atoms with E-state index in [2.05, 4.69) is 29.2 Å². The highest BCUT2D eigenvalue weighted by Crippen LogP contribution is 2.24. The summed E-state index contributed by atoms with van der Waals surface area (Å²) in [5, 5.41) is 0. The lowest BCUT2D eigenvalue weighted by Crippen LogP contribution is -2.48. The van der Waals surface area contributed by atoms with Crippen molar-refractivity contribution in [2.75, 3.05) is 52.6 Å². The maximum Gasteiger partial charge on any atom is 0.255 e. The third-order valence-electron chi connectivity index (χ3n) is 5.10. The summed E-state index contributed by atoms with van der Waals surface area (Å²) in [5.41, 5.74) is 1.89.